The summed E-state index contributed by atoms with van der Waals surface area (Å²) in [5.74, 6) is 1.14. The predicted molar refractivity (Wildman–Crippen MR) is 99.9 cm³/mol. The van der Waals surface area contributed by atoms with Crippen LogP contribution in [0.4, 0.5) is 13.2 Å². The van der Waals surface area contributed by atoms with Gasteiger partial charge < -0.3 is 19.0 Å². The lowest BCUT2D eigenvalue weighted by atomic mass is 10.1. The Kier molecular flexibility index (Phi) is 6.44. The molecule has 0 radical (unpaired) electrons. The third kappa shape index (κ3) is 4.54. The van der Waals surface area contributed by atoms with Crippen molar-refractivity contribution in [1.82, 2.24) is 4.90 Å². The lowest BCUT2D eigenvalue weighted by Crippen LogP contribution is -2.35. The molecule has 2 aromatic rings. The van der Waals surface area contributed by atoms with Crippen LogP contribution in [0.5, 0.6) is 11.5 Å². The number of nitrogens with zero attached hydrogens (tertiary/aromatic N) is 1. The summed E-state index contributed by atoms with van der Waals surface area (Å²) in [5, 5.41) is 0. The average molecular weight is 409 g/mol. The Balaban J connectivity index is 1.82. The van der Waals surface area contributed by atoms with E-state index in [0.717, 1.165) is 24.0 Å². The van der Waals surface area contributed by atoms with Gasteiger partial charge in [-0.1, -0.05) is 18.2 Å². The van der Waals surface area contributed by atoms with Crippen LogP contribution in [-0.2, 0) is 22.1 Å². The molecule has 0 bridgehead atoms. The summed E-state index contributed by atoms with van der Waals surface area (Å²) < 4.78 is 55.0. The molecule has 0 aliphatic carbocycles. The molecule has 3 rings (SSSR count). The number of carbonyl (C=O) groups excluding carboxylic acids is 1. The maximum absolute atomic E-state index is 12.7. The third-order valence-electron chi connectivity index (χ3n) is 4.96. The highest BCUT2D eigenvalue weighted by Gasteiger charge is 2.38. The molecule has 0 aromatic heterocycles. The summed E-state index contributed by atoms with van der Waals surface area (Å²) >= 11 is 0. The van der Waals surface area contributed by atoms with Crippen molar-refractivity contribution in [3.8, 4) is 11.5 Å². The van der Waals surface area contributed by atoms with Crippen molar-refractivity contribution in [2.75, 3.05) is 27.4 Å². The van der Waals surface area contributed by atoms with Gasteiger partial charge in [-0.05, 0) is 36.2 Å². The molecule has 29 heavy (non-hydrogen) atoms. The number of methoxy groups -OCH3 is 2. The van der Waals surface area contributed by atoms with Gasteiger partial charge in [0.15, 0.2) is 0 Å². The van der Waals surface area contributed by atoms with E-state index in [1.807, 2.05) is 4.90 Å². The lowest BCUT2D eigenvalue weighted by molar-refractivity contribution is -0.137. The molecule has 2 aromatic carbocycles. The minimum Gasteiger partial charge on any atom is -0.496 e. The van der Waals surface area contributed by atoms with Gasteiger partial charge in [0, 0.05) is 6.54 Å². The quantitative estimate of drug-likeness (QED) is 0.650. The smallest absolute Gasteiger partial charge is 0.416 e. The van der Waals surface area contributed by atoms with Gasteiger partial charge in [-0.3, -0.25) is 4.90 Å². The van der Waals surface area contributed by atoms with Crippen LogP contribution in [0.2, 0.25) is 0 Å². The van der Waals surface area contributed by atoms with Crippen LogP contribution in [0.15, 0.2) is 42.5 Å². The molecule has 2 atom stereocenters. The van der Waals surface area contributed by atoms with E-state index in [0.29, 0.717) is 30.0 Å². The van der Waals surface area contributed by atoms with Gasteiger partial charge in [-0.15, -0.1) is 0 Å². The molecule has 0 N–H and O–H groups in total. The van der Waals surface area contributed by atoms with Crippen LogP contribution in [-0.4, -0.2) is 44.6 Å². The Morgan fingerprint density at radius 2 is 1.72 bits per heavy atom. The minimum absolute atomic E-state index is 0.211. The summed E-state index contributed by atoms with van der Waals surface area (Å²) in [7, 11) is 3.08. The molecular formula is C21H22F3NO4. The maximum Gasteiger partial charge on any atom is 0.416 e. The van der Waals surface area contributed by atoms with E-state index < -0.39 is 24.0 Å². The highest BCUT2D eigenvalue weighted by Crippen LogP contribution is 2.41. The summed E-state index contributed by atoms with van der Waals surface area (Å²) in [6.07, 6.45) is -3.66. The monoisotopic (exact) mass is 409 g/mol. The maximum atomic E-state index is 12.7. The lowest BCUT2D eigenvalue weighted by Gasteiger charge is -2.28. The topological polar surface area (TPSA) is 48.0 Å². The number of carbonyl (C=O) groups is 1. The van der Waals surface area contributed by atoms with Gasteiger partial charge in [0.2, 0.25) is 0 Å². The SMILES string of the molecule is COc1cccc(OC)c1C1OCC(C=O)N1CCc1ccc(C(F)(F)F)cc1. The Labute approximate surface area is 167 Å². The Bertz CT molecular complexity index is 817. The van der Waals surface area contributed by atoms with Gasteiger partial charge in [0.25, 0.3) is 0 Å². The summed E-state index contributed by atoms with van der Waals surface area (Å²) in [4.78, 5) is 13.4. The number of benzene rings is 2. The zero-order chi connectivity index (χ0) is 21.0. The van der Waals surface area contributed by atoms with E-state index in [-0.39, 0.29) is 6.61 Å². The van der Waals surface area contributed by atoms with Crippen molar-refractivity contribution in [3.05, 3.63) is 59.2 Å². The largest absolute Gasteiger partial charge is 0.496 e. The second-order valence-corrected chi connectivity index (χ2v) is 6.65. The molecule has 0 amide bonds. The zero-order valence-electron chi connectivity index (χ0n) is 16.1. The first kappa shape index (κ1) is 21.1. The number of halogens is 3. The van der Waals surface area contributed by atoms with Crippen LogP contribution in [0, 0.1) is 0 Å². The first-order chi connectivity index (χ1) is 13.9. The standard InChI is InChI=1S/C21H22F3NO4/c1-27-17-4-3-5-18(28-2)19(17)20-25(16(12-26)13-29-20)11-10-14-6-8-15(9-7-14)21(22,23)24/h3-9,12,16,20H,10-11,13H2,1-2H3. The summed E-state index contributed by atoms with van der Waals surface area (Å²) in [6, 6.07) is 9.92. The first-order valence-electron chi connectivity index (χ1n) is 9.08. The fourth-order valence-electron chi connectivity index (χ4n) is 3.45. The molecule has 0 saturated carbocycles. The number of alkyl halides is 3. The van der Waals surface area contributed by atoms with Crippen molar-refractivity contribution >= 4 is 6.29 Å². The van der Waals surface area contributed by atoms with Crippen LogP contribution < -0.4 is 9.47 Å². The van der Waals surface area contributed by atoms with E-state index >= 15 is 0 Å². The van der Waals surface area contributed by atoms with E-state index in [1.54, 1.807) is 18.2 Å². The Morgan fingerprint density at radius 1 is 1.10 bits per heavy atom. The number of hydrogen-bond acceptors (Lipinski definition) is 5. The second kappa shape index (κ2) is 8.84. The molecular weight excluding hydrogens is 387 g/mol. The van der Waals surface area contributed by atoms with Gasteiger partial charge in [0.1, 0.15) is 24.0 Å². The molecule has 1 fully saturated rings. The molecule has 2 unspecified atom stereocenters. The highest BCUT2D eigenvalue weighted by molar-refractivity contribution is 5.59. The molecule has 8 heteroatoms. The third-order valence-corrected chi connectivity index (χ3v) is 4.96. The van der Waals surface area contributed by atoms with Crippen LogP contribution in [0.1, 0.15) is 22.9 Å². The normalized spacial score (nSPS) is 19.9. The zero-order valence-corrected chi connectivity index (χ0v) is 16.1. The van der Waals surface area contributed by atoms with Gasteiger partial charge in [-0.2, -0.15) is 13.2 Å². The summed E-state index contributed by atoms with van der Waals surface area (Å²) in [6.45, 7) is 0.628. The highest BCUT2D eigenvalue weighted by atomic mass is 19.4. The Morgan fingerprint density at radius 3 is 2.24 bits per heavy atom. The van der Waals surface area contributed by atoms with Crippen molar-refractivity contribution in [1.29, 1.82) is 0 Å². The Hall–Kier alpha value is -2.58. The molecule has 1 aliphatic heterocycles. The van der Waals surface area contributed by atoms with Crippen LogP contribution in [0.3, 0.4) is 0 Å². The van der Waals surface area contributed by atoms with E-state index in [1.165, 1.54) is 26.4 Å². The molecule has 156 valence electrons. The number of hydrogen-bond donors (Lipinski definition) is 0. The average Bonchev–Trinajstić information content (AvgIpc) is 3.13. The van der Waals surface area contributed by atoms with Crippen LogP contribution >= 0.6 is 0 Å². The van der Waals surface area contributed by atoms with Crippen LogP contribution in [0.25, 0.3) is 0 Å². The minimum atomic E-state index is -4.37. The fourth-order valence-corrected chi connectivity index (χ4v) is 3.45. The van der Waals surface area contributed by atoms with Gasteiger partial charge in [-0.25, -0.2) is 0 Å². The second-order valence-electron chi connectivity index (χ2n) is 6.65. The van der Waals surface area contributed by atoms with E-state index in [9.17, 15) is 18.0 Å². The van der Waals surface area contributed by atoms with Gasteiger partial charge >= 0.3 is 6.18 Å². The van der Waals surface area contributed by atoms with Crippen molar-refractivity contribution in [3.63, 3.8) is 0 Å². The number of rotatable bonds is 7. The molecule has 1 heterocycles. The predicted octanol–water partition coefficient (Wildman–Crippen LogP) is 3.86. The molecule has 1 aliphatic rings. The number of aldehydes is 1. The van der Waals surface area contributed by atoms with E-state index in [2.05, 4.69) is 0 Å². The first-order valence-corrected chi connectivity index (χ1v) is 9.08. The van der Waals surface area contributed by atoms with E-state index in [4.69, 9.17) is 14.2 Å². The molecule has 5 nitrogen and oxygen atoms in total. The van der Waals surface area contributed by atoms with Crippen molar-refractivity contribution in [2.45, 2.75) is 24.9 Å². The fraction of sp³-hybridized carbons (Fsp3) is 0.381. The number of ether oxygens (including phenoxy) is 3. The van der Waals surface area contributed by atoms with Gasteiger partial charge in [0.05, 0.1) is 38.0 Å². The molecule has 0 spiro atoms. The van der Waals surface area contributed by atoms with Crippen molar-refractivity contribution in [2.24, 2.45) is 0 Å². The summed E-state index contributed by atoms with van der Waals surface area (Å²) in [5.41, 5.74) is 0.725. The molecule has 1 saturated heterocycles. The van der Waals surface area contributed by atoms with Crippen molar-refractivity contribution < 1.29 is 32.2 Å².